The highest BCUT2D eigenvalue weighted by Crippen LogP contribution is 2.17. The van der Waals surface area contributed by atoms with Gasteiger partial charge in [0.1, 0.15) is 0 Å². The Labute approximate surface area is 109 Å². The number of rotatable bonds is 4. The van der Waals surface area contributed by atoms with Crippen molar-refractivity contribution in [3.8, 4) is 0 Å². The molecule has 1 fully saturated rings. The predicted octanol–water partition coefficient (Wildman–Crippen LogP) is 1.17. The van der Waals surface area contributed by atoms with Crippen molar-refractivity contribution in [1.29, 1.82) is 0 Å². The van der Waals surface area contributed by atoms with Crippen molar-refractivity contribution in [1.82, 2.24) is 16.0 Å². The molecule has 1 amide bonds. The molecule has 17 heavy (non-hydrogen) atoms. The second-order valence-corrected chi connectivity index (χ2v) is 5.68. The molecule has 5 heteroatoms. The molecule has 0 radical (unpaired) electrons. The van der Waals surface area contributed by atoms with E-state index in [0.717, 1.165) is 0 Å². The van der Waals surface area contributed by atoms with Crippen molar-refractivity contribution in [2.75, 3.05) is 13.6 Å². The van der Waals surface area contributed by atoms with Gasteiger partial charge in [0.25, 0.3) is 0 Å². The van der Waals surface area contributed by atoms with Gasteiger partial charge >= 0.3 is 0 Å². The third-order valence-electron chi connectivity index (χ3n) is 3.22. The molecule has 0 aromatic carbocycles. The van der Waals surface area contributed by atoms with E-state index in [1.165, 1.54) is 25.7 Å². The fourth-order valence-corrected chi connectivity index (χ4v) is 2.27. The van der Waals surface area contributed by atoms with E-state index in [2.05, 4.69) is 16.0 Å². The minimum atomic E-state index is -0.448. The van der Waals surface area contributed by atoms with Crippen LogP contribution >= 0.6 is 12.2 Å². The standard InChI is InChI=1S/C12H23N3OS/c1-12(2,10(16)13-3)8-14-11(17)15-9-6-4-5-7-9/h9H,4-8H2,1-3H3,(H,13,16)(H2,14,15,17). The molecule has 0 bridgehead atoms. The second-order valence-electron chi connectivity index (χ2n) is 5.27. The molecular weight excluding hydrogens is 234 g/mol. The number of carbonyl (C=O) groups is 1. The molecule has 0 spiro atoms. The second kappa shape index (κ2) is 6.19. The van der Waals surface area contributed by atoms with Crippen LogP contribution in [0.2, 0.25) is 0 Å². The van der Waals surface area contributed by atoms with E-state index in [4.69, 9.17) is 12.2 Å². The normalized spacial score (nSPS) is 16.6. The Kier molecular flexibility index (Phi) is 5.18. The SMILES string of the molecule is CNC(=O)C(C)(C)CNC(=S)NC1CCCC1. The van der Waals surface area contributed by atoms with Gasteiger partial charge < -0.3 is 16.0 Å². The Bertz CT molecular complexity index is 285. The largest absolute Gasteiger partial charge is 0.362 e. The Hall–Kier alpha value is -0.840. The van der Waals surface area contributed by atoms with Gasteiger partial charge in [-0.05, 0) is 38.9 Å². The van der Waals surface area contributed by atoms with Crippen LogP contribution in [0.5, 0.6) is 0 Å². The van der Waals surface area contributed by atoms with Gasteiger partial charge in [-0.1, -0.05) is 12.8 Å². The Balaban J connectivity index is 2.29. The van der Waals surface area contributed by atoms with Gasteiger partial charge in [-0.15, -0.1) is 0 Å². The van der Waals surface area contributed by atoms with Crippen molar-refractivity contribution in [3.05, 3.63) is 0 Å². The minimum Gasteiger partial charge on any atom is -0.362 e. The average Bonchev–Trinajstić information content (AvgIpc) is 2.78. The van der Waals surface area contributed by atoms with Crippen LogP contribution in [0.3, 0.4) is 0 Å². The van der Waals surface area contributed by atoms with Gasteiger partial charge in [0.05, 0.1) is 5.41 Å². The predicted molar refractivity (Wildman–Crippen MR) is 73.8 cm³/mol. The summed E-state index contributed by atoms with van der Waals surface area (Å²) >= 11 is 5.23. The van der Waals surface area contributed by atoms with E-state index >= 15 is 0 Å². The molecule has 1 rings (SSSR count). The Morgan fingerprint density at radius 2 is 1.94 bits per heavy atom. The fraction of sp³-hybridized carbons (Fsp3) is 0.833. The molecule has 0 atom stereocenters. The molecule has 0 aliphatic heterocycles. The molecule has 1 aliphatic rings. The summed E-state index contributed by atoms with van der Waals surface area (Å²) in [6.07, 6.45) is 4.95. The van der Waals surface area contributed by atoms with Gasteiger partial charge in [-0.25, -0.2) is 0 Å². The summed E-state index contributed by atoms with van der Waals surface area (Å²) in [6.45, 7) is 4.35. The first kappa shape index (κ1) is 14.2. The highest BCUT2D eigenvalue weighted by molar-refractivity contribution is 7.80. The quantitative estimate of drug-likeness (QED) is 0.662. The van der Waals surface area contributed by atoms with Crippen molar-refractivity contribution in [2.45, 2.75) is 45.6 Å². The van der Waals surface area contributed by atoms with Gasteiger partial charge in [-0.3, -0.25) is 4.79 Å². The summed E-state index contributed by atoms with van der Waals surface area (Å²) in [5.41, 5.74) is -0.448. The van der Waals surface area contributed by atoms with Crippen LogP contribution in [0.15, 0.2) is 0 Å². The molecule has 0 unspecified atom stereocenters. The number of amides is 1. The topological polar surface area (TPSA) is 53.2 Å². The van der Waals surface area contributed by atoms with Crippen molar-refractivity contribution >= 4 is 23.2 Å². The van der Waals surface area contributed by atoms with Crippen LogP contribution in [0.25, 0.3) is 0 Å². The first-order valence-corrected chi connectivity index (χ1v) is 6.63. The van der Waals surface area contributed by atoms with Gasteiger partial charge in [0.2, 0.25) is 5.91 Å². The average molecular weight is 257 g/mol. The molecule has 98 valence electrons. The molecule has 0 heterocycles. The number of carbonyl (C=O) groups excluding carboxylic acids is 1. The van der Waals surface area contributed by atoms with E-state index in [1.54, 1.807) is 7.05 Å². The Morgan fingerprint density at radius 3 is 2.47 bits per heavy atom. The lowest BCUT2D eigenvalue weighted by molar-refractivity contribution is -0.128. The van der Waals surface area contributed by atoms with Gasteiger partial charge in [0, 0.05) is 19.6 Å². The van der Waals surface area contributed by atoms with E-state index in [1.807, 2.05) is 13.8 Å². The third-order valence-corrected chi connectivity index (χ3v) is 3.49. The van der Waals surface area contributed by atoms with Gasteiger partial charge in [-0.2, -0.15) is 0 Å². The summed E-state index contributed by atoms with van der Waals surface area (Å²) in [5, 5.41) is 9.74. The van der Waals surface area contributed by atoms with Crippen LogP contribution in [0, 0.1) is 5.41 Å². The molecule has 1 aliphatic carbocycles. The van der Waals surface area contributed by atoms with Crippen LogP contribution in [-0.2, 0) is 4.79 Å². The summed E-state index contributed by atoms with van der Waals surface area (Å²) in [5.74, 6) is 0.0219. The maximum Gasteiger partial charge on any atom is 0.227 e. The van der Waals surface area contributed by atoms with Crippen molar-refractivity contribution < 1.29 is 4.79 Å². The van der Waals surface area contributed by atoms with Crippen molar-refractivity contribution in [3.63, 3.8) is 0 Å². The highest BCUT2D eigenvalue weighted by atomic mass is 32.1. The lowest BCUT2D eigenvalue weighted by Gasteiger charge is -2.24. The number of thiocarbonyl (C=S) groups is 1. The van der Waals surface area contributed by atoms with E-state index < -0.39 is 5.41 Å². The van der Waals surface area contributed by atoms with Crippen LogP contribution in [-0.4, -0.2) is 30.7 Å². The minimum absolute atomic E-state index is 0.0219. The fourth-order valence-electron chi connectivity index (χ4n) is 2.03. The summed E-state index contributed by atoms with van der Waals surface area (Å²) in [4.78, 5) is 11.6. The van der Waals surface area contributed by atoms with Crippen molar-refractivity contribution in [2.24, 2.45) is 5.41 Å². The Morgan fingerprint density at radius 1 is 1.35 bits per heavy atom. The zero-order chi connectivity index (χ0) is 12.9. The highest BCUT2D eigenvalue weighted by Gasteiger charge is 2.26. The lowest BCUT2D eigenvalue weighted by atomic mass is 9.92. The first-order chi connectivity index (χ1) is 7.95. The molecule has 3 N–H and O–H groups in total. The molecule has 4 nitrogen and oxygen atoms in total. The van der Waals surface area contributed by atoms with Gasteiger partial charge in [0.15, 0.2) is 5.11 Å². The number of hydrogen-bond donors (Lipinski definition) is 3. The zero-order valence-corrected chi connectivity index (χ0v) is 11.7. The first-order valence-electron chi connectivity index (χ1n) is 6.22. The maximum absolute atomic E-state index is 11.6. The molecule has 0 saturated heterocycles. The smallest absolute Gasteiger partial charge is 0.227 e. The van der Waals surface area contributed by atoms with E-state index in [9.17, 15) is 4.79 Å². The summed E-state index contributed by atoms with van der Waals surface area (Å²) < 4.78 is 0. The van der Waals surface area contributed by atoms with Crippen LogP contribution < -0.4 is 16.0 Å². The van der Waals surface area contributed by atoms with Crippen LogP contribution in [0.1, 0.15) is 39.5 Å². The third kappa shape index (κ3) is 4.50. The summed E-state index contributed by atoms with van der Waals surface area (Å²) in [7, 11) is 1.65. The monoisotopic (exact) mass is 257 g/mol. The zero-order valence-electron chi connectivity index (χ0n) is 10.9. The molecule has 1 saturated carbocycles. The number of hydrogen-bond acceptors (Lipinski definition) is 2. The summed E-state index contributed by atoms with van der Waals surface area (Å²) in [6, 6.07) is 0.512. The molecule has 0 aromatic heterocycles. The van der Waals surface area contributed by atoms with E-state index in [0.29, 0.717) is 17.7 Å². The van der Waals surface area contributed by atoms with E-state index in [-0.39, 0.29) is 5.91 Å². The number of nitrogens with one attached hydrogen (secondary N) is 3. The molecular formula is C12H23N3OS. The molecule has 0 aromatic rings. The van der Waals surface area contributed by atoms with Crippen LogP contribution in [0.4, 0.5) is 0 Å². The maximum atomic E-state index is 11.6. The lowest BCUT2D eigenvalue weighted by Crippen LogP contribution is -2.48.